The maximum absolute atomic E-state index is 12.9. The fourth-order valence-electron chi connectivity index (χ4n) is 3.47. The molecule has 2 aromatic carbocycles. The van der Waals surface area contributed by atoms with Gasteiger partial charge in [-0.2, -0.15) is 23.2 Å². The highest BCUT2D eigenvalue weighted by Gasteiger charge is 2.32. The van der Waals surface area contributed by atoms with Gasteiger partial charge < -0.3 is 9.84 Å². The van der Waals surface area contributed by atoms with Crippen molar-refractivity contribution >= 4 is 27.3 Å². The third-order valence-corrected chi connectivity index (χ3v) is 11.7. The van der Waals surface area contributed by atoms with Crippen LogP contribution < -0.4 is 4.74 Å². The average molecular weight is 512 g/mol. The van der Waals surface area contributed by atoms with Gasteiger partial charge in [-0.25, -0.2) is 9.78 Å². The molecule has 0 fully saturated rings. The number of aromatic nitrogens is 1. The molecular formula is C25H28F3NO3S2. The molecule has 9 heteroatoms. The molecule has 0 radical (unpaired) electrons. The van der Waals surface area contributed by atoms with Gasteiger partial charge in [-0.05, 0) is 80.5 Å². The van der Waals surface area contributed by atoms with Gasteiger partial charge >= 0.3 is 12.1 Å². The molecule has 0 aliphatic rings. The minimum atomic E-state index is -4.37. The molecule has 1 atom stereocenters. The highest BCUT2D eigenvalue weighted by Crippen LogP contribution is 2.63. The third kappa shape index (κ3) is 5.10. The molecular weight excluding hydrogens is 483 g/mol. The summed E-state index contributed by atoms with van der Waals surface area (Å²) in [4.78, 5) is 17.2. The Labute approximate surface area is 203 Å². The number of ether oxygens (including phenoxy) is 1. The van der Waals surface area contributed by atoms with E-state index in [0.29, 0.717) is 16.3 Å². The number of carboxylic acids is 1. The molecule has 0 aliphatic carbocycles. The molecule has 1 N–H and O–H groups in total. The van der Waals surface area contributed by atoms with Crippen molar-refractivity contribution in [1.82, 2.24) is 4.98 Å². The van der Waals surface area contributed by atoms with E-state index in [9.17, 15) is 23.1 Å². The van der Waals surface area contributed by atoms with Crippen LogP contribution in [0.1, 0.15) is 37.6 Å². The summed E-state index contributed by atoms with van der Waals surface area (Å²) < 4.78 is 45.6. The van der Waals surface area contributed by atoms with E-state index in [-0.39, 0.29) is 0 Å². The van der Waals surface area contributed by atoms with Gasteiger partial charge in [0.05, 0.1) is 15.5 Å². The summed E-state index contributed by atoms with van der Waals surface area (Å²) in [5.74, 6) is 0.319. The van der Waals surface area contributed by atoms with Crippen molar-refractivity contribution in [3.8, 4) is 16.3 Å². The van der Waals surface area contributed by atoms with E-state index >= 15 is 0 Å². The summed E-state index contributed by atoms with van der Waals surface area (Å²) in [6, 6.07) is 10.9. The first-order chi connectivity index (χ1) is 15.7. The average Bonchev–Trinajstić information content (AvgIpc) is 3.16. The minimum Gasteiger partial charge on any atom is -0.478 e. The van der Waals surface area contributed by atoms with E-state index in [4.69, 9.17) is 4.74 Å². The minimum absolute atomic E-state index is 0.514. The molecule has 1 aromatic heterocycles. The smallest absolute Gasteiger partial charge is 0.416 e. The molecule has 0 aliphatic heterocycles. The van der Waals surface area contributed by atoms with Gasteiger partial charge in [0.25, 0.3) is 0 Å². The fraction of sp³-hybridized carbons (Fsp3) is 0.360. The van der Waals surface area contributed by atoms with Gasteiger partial charge in [-0.15, -0.1) is 11.3 Å². The first-order valence-corrected chi connectivity index (χ1v) is 13.7. The Morgan fingerprint density at radius 2 is 1.74 bits per heavy atom. The van der Waals surface area contributed by atoms with Crippen molar-refractivity contribution in [2.45, 2.75) is 55.5 Å². The number of hydrogen-bond donors (Lipinski definition) is 1. The number of thiazole rings is 1. The van der Waals surface area contributed by atoms with E-state index in [2.05, 4.69) is 18.2 Å². The summed E-state index contributed by atoms with van der Waals surface area (Å²) in [7, 11) is -1.48. The molecule has 34 heavy (non-hydrogen) atoms. The van der Waals surface area contributed by atoms with Crippen LogP contribution in [0.5, 0.6) is 5.75 Å². The van der Waals surface area contributed by atoms with Gasteiger partial charge in [-0.3, -0.25) is 0 Å². The first kappa shape index (κ1) is 26.1. The van der Waals surface area contributed by atoms with Crippen LogP contribution in [0.2, 0.25) is 0 Å². The summed E-state index contributed by atoms with van der Waals surface area (Å²) in [6.45, 7) is 8.94. The van der Waals surface area contributed by atoms with Crippen LogP contribution in [-0.4, -0.2) is 33.7 Å². The normalized spacial score (nSPS) is 15.0. The number of carboxylic acid groups (broad SMARTS) is 1. The summed E-state index contributed by atoms with van der Waals surface area (Å²) in [5, 5.41) is 10.1. The molecule has 0 saturated heterocycles. The number of benzene rings is 2. The van der Waals surface area contributed by atoms with Gasteiger partial charge in [-0.1, -0.05) is 19.1 Å². The van der Waals surface area contributed by atoms with Crippen LogP contribution in [0.15, 0.2) is 51.6 Å². The van der Waals surface area contributed by atoms with Crippen molar-refractivity contribution in [2.75, 3.05) is 12.0 Å². The van der Waals surface area contributed by atoms with Crippen LogP contribution in [0.3, 0.4) is 0 Å². The Morgan fingerprint density at radius 3 is 2.24 bits per heavy atom. The molecule has 0 spiro atoms. The van der Waals surface area contributed by atoms with Crippen LogP contribution in [-0.2, 0) is 11.0 Å². The lowest BCUT2D eigenvalue weighted by atomic mass is 10.1. The molecule has 3 rings (SSSR count). The van der Waals surface area contributed by atoms with E-state index in [1.165, 1.54) is 37.3 Å². The van der Waals surface area contributed by atoms with Gasteiger partial charge in [0.1, 0.15) is 10.8 Å². The van der Waals surface area contributed by atoms with Crippen molar-refractivity contribution in [1.29, 1.82) is 0 Å². The molecule has 0 saturated carbocycles. The molecule has 184 valence electrons. The number of nitrogens with zero attached hydrogens (tertiary/aromatic N) is 1. The van der Waals surface area contributed by atoms with E-state index in [1.54, 1.807) is 0 Å². The molecule has 1 unspecified atom stereocenters. The lowest BCUT2D eigenvalue weighted by Crippen LogP contribution is -2.38. The van der Waals surface area contributed by atoms with E-state index in [1.807, 2.05) is 32.0 Å². The second kappa shape index (κ2) is 9.26. The first-order valence-electron chi connectivity index (χ1n) is 10.6. The Bertz CT molecular complexity index is 1200. The SMILES string of the molecule is CCS(C)(c1ccc(OC(C)(C)C(=O)O)c(C)c1)c1sc(-c2ccc(C(F)(F)F)cc2)nc1C. The second-order valence-corrected chi connectivity index (χ2v) is 13.6. The maximum Gasteiger partial charge on any atom is 0.416 e. The topological polar surface area (TPSA) is 59.4 Å². The second-order valence-electron chi connectivity index (χ2n) is 8.69. The molecule has 1 heterocycles. The predicted molar refractivity (Wildman–Crippen MR) is 131 cm³/mol. The molecule has 0 bridgehead atoms. The Balaban J connectivity index is 1.98. The lowest BCUT2D eigenvalue weighted by molar-refractivity contribution is -0.152. The van der Waals surface area contributed by atoms with Crippen LogP contribution in [0.25, 0.3) is 10.6 Å². The van der Waals surface area contributed by atoms with Gasteiger partial charge in [0, 0.05) is 5.56 Å². The number of rotatable bonds is 7. The Kier molecular flexibility index (Phi) is 7.11. The number of alkyl halides is 3. The molecule has 3 aromatic rings. The largest absolute Gasteiger partial charge is 0.478 e. The van der Waals surface area contributed by atoms with Crippen LogP contribution in [0, 0.1) is 13.8 Å². The zero-order valence-electron chi connectivity index (χ0n) is 19.9. The van der Waals surface area contributed by atoms with Crippen LogP contribution in [0.4, 0.5) is 13.2 Å². The lowest BCUT2D eigenvalue weighted by Gasteiger charge is -2.35. The Morgan fingerprint density at radius 1 is 1.12 bits per heavy atom. The number of aryl methyl sites for hydroxylation is 2. The van der Waals surface area contributed by atoms with E-state index < -0.39 is 33.3 Å². The third-order valence-electron chi connectivity index (χ3n) is 5.75. The summed E-state index contributed by atoms with van der Waals surface area (Å²) in [6.07, 6.45) is -2.18. The standard InChI is InChI=1S/C25H28F3NO3S2/c1-7-34(6,19-12-13-20(15(2)14-19)32-24(4,5)23(30)31)22-16(3)29-21(33-22)17-8-10-18(11-9-17)25(26,27)28/h8-14H,7H2,1-6H3,(H,30,31). The molecule has 4 nitrogen and oxygen atoms in total. The zero-order valence-corrected chi connectivity index (χ0v) is 21.5. The molecule has 0 amide bonds. The van der Waals surface area contributed by atoms with Crippen molar-refractivity contribution in [3.05, 3.63) is 59.3 Å². The summed E-state index contributed by atoms with van der Waals surface area (Å²) >= 11 is 1.51. The number of halogens is 3. The summed E-state index contributed by atoms with van der Waals surface area (Å²) in [5.41, 5.74) is 0.324. The van der Waals surface area contributed by atoms with Gasteiger partial charge in [0.15, 0.2) is 5.60 Å². The fourth-order valence-corrected chi connectivity index (χ4v) is 8.20. The van der Waals surface area contributed by atoms with Gasteiger partial charge in [0.2, 0.25) is 0 Å². The highest BCUT2D eigenvalue weighted by atomic mass is 32.3. The van der Waals surface area contributed by atoms with E-state index in [0.717, 1.165) is 38.2 Å². The van der Waals surface area contributed by atoms with Crippen LogP contribution >= 0.6 is 21.4 Å². The monoisotopic (exact) mass is 511 g/mol. The van der Waals surface area contributed by atoms with Crippen molar-refractivity contribution < 1.29 is 27.8 Å². The van der Waals surface area contributed by atoms with Crippen molar-refractivity contribution in [3.63, 3.8) is 0 Å². The Hall–Kier alpha value is -2.52. The highest BCUT2D eigenvalue weighted by molar-refractivity contribution is 8.34. The quantitative estimate of drug-likeness (QED) is 0.356. The zero-order chi connectivity index (χ0) is 25.5. The predicted octanol–water partition coefficient (Wildman–Crippen LogP) is 7.56. The maximum atomic E-state index is 12.9. The van der Waals surface area contributed by atoms with Crippen molar-refractivity contribution in [2.24, 2.45) is 0 Å². The number of aliphatic carboxylic acids is 1. The number of hydrogen-bond acceptors (Lipinski definition) is 4. The number of carbonyl (C=O) groups is 1.